The molecule has 1 amide bonds. The summed E-state index contributed by atoms with van der Waals surface area (Å²) in [6.07, 6.45) is 2.88. The number of rotatable bonds is 7. The van der Waals surface area contributed by atoms with Gasteiger partial charge < -0.3 is 20.1 Å². The van der Waals surface area contributed by atoms with E-state index in [0.717, 1.165) is 37.6 Å². The minimum atomic E-state index is 0.0714. The Bertz CT molecular complexity index is 555. The Balaban J connectivity index is 1.62. The van der Waals surface area contributed by atoms with Gasteiger partial charge in [-0.3, -0.25) is 9.69 Å². The summed E-state index contributed by atoms with van der Waals surface area (Å²) in [5.41, 5.74) is 1.14. The summed E-state index contributed by atoms with van der Waals surface area (Å²) >= 11 is 0. The smallest absolute Gasteiger partial charge is 0.221 e. The molecule has 138 valence electrons. The third-order valence-electron chi connectivity index (χ3n) is 5.00. The Morgan fingerprint density at radius 1 is 1.40 bits per heavy atom. The highest BCUT2D eigenvalue weighted by Crippen LogP contribution is 2.31. The Labute approximate surface area is 149 Å². The minimum Gasteiger partial charge on any atom is -0.496 e. The highest BCUT2D eigenvalue weighted by Gasteiger charge is 2.26. The van der Waals surface area contributed by atoms with Gasteiger partial charge in [0, 0.05) is 31.1 Å². The van der Waals surface area contributed by atoms with E-state index in [1.165, 1.54) is 12.8 Å². The van der Waals surface area contributed by atoms with Crippen molar-refractivity contribution in [2.45, 2.75) is 31.3 Å². The highest BCUT2D eigenvalue weighted by molar-refractivity contribution is 5.76. The normalized spacial score (nSPS) is 22.5. The van der Waals surface area contributed by atoms with Crippen LogP contribution in [0.15, 0.2) is 24.3 Å². The van der Waals surface area contributed by atoms with Crippen LogP contribution in [-0.2, 0) is 9.53 Å². The van der Waals surface area contributed by atoms with Crippen molar-refractivity contribution in [3.05, 3.63) is 29.8 Å². The van der Waals surface area contributed by atoms with Crippen molar-refractivity contribution < 1.29 is 14.3 Å². The van der Waals surface area contributed by atoms with E-state index in [-0.39, 0.29) is 18.0 Å². The van der Waals surface area contributed by atoms with Gasteiger partial charge in [-0.1, -0.05) is 18.2 Å². The summed E-state index contributed by atoms with van der Waals surface area (Å²) in [5.74, 6) is 0.957. The maximum absolute atomic E-state index is 12.4. The lowest BCUT2D eigenvalue weighted by Crippen LogP contribution is -2.45. The summed E-state index contributed by atoms with van der Waals surface area (Å²) < 4.78 is 11.0. The van der Waals surface area contributed by atoms with Crippen LogP contribution < -0.4 is 15.4 Å². The number of ether oxygens (including phenoxy) is 2. The van der Waals surface area contributed by atoms with E-state index in [0.29, 0.717) is 19.6 Å². The van der Waals surface area contributed by atoms with E-state index < -0.39 is 0 Å². The number of morpholine rings is 1. The highest BCUT2D eigenvalue weighted by atomic mass is 16.5. The zero-order valence-corrected chi connectivity index (χ0v) is 15.0. The van der Waals surface area contributed by atoms with Crippen LogP contribution in [0, 0.1) is 0 Å². The fourth-order valence-electron chi connectivity index (χ4n) is 3.69. The summed E-state index contributed by atoms with van der Waals surface area (Å²) in [7, 11) is 1.70. The number of amides is 1. The average Bonchev–Trinajstić information content (AvgIpc) is 3.17. The first-order valence-electron chi connectivity index (χ1n) is 9.22. The third kappa shape index (κ3) is 4.93. The predicted octanol–water partition coefficient (Wildman–Crippen LogP) is 1.33. The molecule has 2 atom stereocenters. The zero-order chi connectivity index (χ0) is 17.5. The molecule has 6 nitrogen and oxygen atoms in total. The number of nitrogens with zero attached hydrogens (tertiary/aromatic N) is 1. The van der Waals surface area contributed by atoms with Crippen LogP contribution in [0.25, 0.3) is 0 Å². The molecule has 2 unspecified atom stereocenters. The van der Waals surface area contributed by atoms with Crippen LogP contribution in [-0.4, -0.2) is 63.4 Å². The Hall–Kier alpha value is -1.63. The van der Waals surface area contributed by atoms with E-state index >= 15 is 0 Å². The van der Waals surface area contributed by atoms with Gasteiger partial charge >= 0.3 is 0 Å². The van der Waals surface area contributed by atoms with Gasteiger partial charge in [0.15, 0.2) is 0 Å². The van der Waals surface area contributed by atoms with Gasteiger partial charge in [0.25, 0.3) is 0 Å². The van der Waals surface area contributed by atoms with Gasteiger partial charge in [0.2, 0.25) is 5.91 Å². The molecule has 2 heterocycles. The molecule has 6 heteroatoms. The molecule has 1 aromatic carbocycles. The largest absolute Gasteiger partial charge is 0.496 e. The second kappa shape index (κ2) is 9.17. The maximum atomic E-state index is 12.4. The van der Waals surface area contributed by atoms with Gasteiger partial charge in [0.05, 0.1) is 26.4 Å². The van der Waals surface area contributed by atoms with E-state index in [4.69, 9.17) is 9.47 Å². The van der Waals surface area contributed by atoms with E-state index in [2.05, 4.69) is 21.6 Å². The van der Waals surface area contributed by atoms with Gasteiger partial charge in [-0.2, -0.15) is 0 Å². The number of carbonyl (C=O) groups excluding carboxylic acids is 1. The lowest BCUT2D eigenvalue weighted by atomic mass is 10.0. The third-order valence-corrected chi connectivity index (χ3v) is 5.00. The molecule has 2 N–H and O–H groups in total. The zero-order valence-electron chi connectivity index (χ0n) is 15.0. The van der Waals surface area contributed by atoms with Gasteiger partial charge in [-0.15, -0.1) is 0 Å². The standard InChI is InChI=1S/C19H29N3O3/c1-24-18-7-3-2-6-16(18)17(22-9-4-5-10-22)13-21-19(23)12-15-14-25-11-8-20-15/h2-3,6-7,15,17,20H,4-5,8-14H2,1H3,(H,21,23). The molecule has 2 aliphatic heterocycles. The molecule has 3 rings (SSSR count). The second-order valence-electron chi connectivity index (χ2n) is 6.73. The summed E-state index contributed by atoms with van der Waals surface area (Å²) in [6.45, 7) is 4.88. The number of para-hydroxylation sites is 1. The first kappa shape index (κ1) is 18.2. The first-order chi connectivity index (χ1) is 12.3. The summed E-state index contributed by atoms with van der Waals surface area (Å²) in [6, 6.07) is 8.37. The number of carbonyl (C=O) groups is 1. The van der Waals surface area contributed by atoms with Crippen LogP contribution in [0.3, 0.4) is 0 Å². The molecule has 0 aliphatic carbocycles. The van der Waals surface area contributed by atoms with E-state index in [9.17, 15) is 4.79 Å². The van der Waals surface area contributed by atoms with Crippen molar-refractivity contribution in [3.8, 4) is 5.75 Å². The number of nitrogens with one attached hydrogen (secondary N) is 2. The topological polar surface area (TPSA) is 62.8 Å². The Morgan fingerprint density at radius 3 is 2.92 bits per heavy atom. The second-order valence-corrected chi connectivity index (χ2v) is 6.73. The van der Waals surface area contributed by atoms with Crippen molar-refractivity contribution in [2.24, 2.45) is 0 Å². The summed E-state index contributed by atoms with van der Waals surface area (Å²) in [5, 5.41) is 6.45. The van der Waals surface area contributed by atoms with Crippen molar-refractivity contribution >= 4 is 5.91 Å². The van der Waals surface area contributed by atoms with Crippen LogP contribution in [0.4, 0.5) is 0 Å². The monoisotopic (exact) mass is 347 g/mol. The lowest BCUT2D eigenvalue weighted by Gasteiger charge is -2.30. The Morgan fingerprint density at radius 2 is 2.20 bits per heavy atom. The molecule has 2 saturated heterocycles. The van der Waals surface area contributed by atoms with Crippen molar-refractivity contribution in [1.29, 1.82) is 0 Å². The molecule has 0 radical (unpaired) electrons. The fourth-order valence-corrected chi connectivity index (χ4v) is 3.69. The van der Waals surface area contributed by atoms with Crippen LogP contribution >= 0.6 is 0 Å². The number of methoxy groups -OCH3 is 1. The van der Waals surface area contributed by atoms with E-state index in [1.54, 1.807) is 7.11 Å². The summed E-state index contributed by atoms with van der Waals surface area (Å²) in [4.78, 5) is 14.8. The van der Waals surface area contributed by atoms with Crippen molar-refractivity contribution in [1.82, 2.24) is 15.5 Å². The van der Waals surface area contributed by atoms with Gasteiger partial charge in [-0.25, -0.2) is 0 Å². The molecule has 0 aromatic heterocycles. The Kier molecular flexibility index (Phi) is 6.67. The number of hydrogen-bond acceptors (Lipinski definition) is 5. The molecule has 2 aliphatic rings. The fraction of sp³-hybridized carbons (Fsp3) is 0.632. The molecular formula is C19H29N3O3. The van der Waals surface area contributed by atoms with Crippen molar-refractivity contribution in [2.75, 3.05) is 46.5 Å². The molecule has 0 saturated carbocycles. The number of benzene rings is 1. The first-order valence-corrected chi connectivity index (χ1v) is 9.22. The van der Waals surface area contributed by atoms with E-state index in [1.807, 2.05) is 18.2 Å². The molecule has 0 spiro atoms. The maximum Gasteiger partial charge on any atom is 0.221 e. The molecule has 0 bridgehead atoms. The van der Waals surface area contributed by atoms with Crippen molar-refractivity contribution in [3.63, 3.8) is 0 Å². The van der Waals surface area contributed by atoms with Crippen LogP contribution in [0.1, 0.15) is 30.9 Å². The quantitative estimate of drug-likeness (QED) is 0.779. The van der Waals surface area contributed by atoms with Gasteiger partial charge in [0.1, 0.15) is 5.75 Å². The molecule has 25 heavy (non-hydrogen) atoms. The van der Waals surface area contributed by atoms with Crippen LogP contribution in [0.5, 0.6) is 5.75 Å². The molecular weight excluding hydrogens is 318 g/mol. The van der Waals surface area contributed by atoms with Gasteiger partial charge in [-0.05, 0) is 32.0 Å². The lowest BCUT2D eigenvalue weighted by molar-refractivity contribution is -0.122. The predicted molar refractivity (Wildman–Crippen MR) is 96.8 cm³/mol. The SMILES string of the molecule is COc1ccccc1C(CNC(=O)CC1COCCN1)N1CCCC1. The molecule has 2 fully saturated rings. The minimum absolute atomic E-state index is 0.0714. The van der Waals surface area contributed by atoms with Crippen LogP contribution in [0.2, 0.25) is 0 Å². The average molecular weight is 347 g/mol. The molecule has 1 aromatic rings. The number of likely N-dealkylation sites (tertiary alicyclic amines) is 1. The number of hydrogen-bond donors (Lipinski definition) is 2.